The lowest BCUT2D eigenvalue weighted by molar-refractivity contribution is -0.445. The number of fused-ring (bicyclic) bond motifs is 1. The Hall–Kier alpha value is -1.81. The molecular formula is C13H16BNO11. The summed E-state index contributed by atoms with van der Waals surface area (Å²) in [6.45, 7) is -1.08. The number of carbonyl (C=O) groups is 1. The normalized spacial score (nSPS) is 31.8. The summed E-state index contributed by atoms with van der Waals surface area (Å²) < 4.78 is 14.2. The molecule has 0 radical (unpaired) electrons. The number of carbonyl (C=O) groups excluding carboxylic acids is 1. The third-order valence-electron chi connectivity index (χ3n) is 4.42. The third-order valence-corrected chi connectivity index (χ3v) is 4.42. The molecule has 1 aromatic rings. The van der Waals surface area contributed by atoms with Crippen molar-refractivity contribution in [1.82, 2.24) is 0 Å². The molecule has 3 aliphatic rings. The summed E-state index contributed by atoms with van der Waals surface area (Å²) >= 11 is 0. The van der Waals surface area contributed by atoms with Crippen LogP contribution in [0.5, 0.6) is 5.75 Å². The summed E-state index contributed by atoms with van der Waals surface area (Å²) in [5.41, 5.74) is 0.602. The van der Waals surface area contributed by atoms with Crippen LogP contribution in [-0.4, -0.2) is 79.5 Å². The number of aliphatic hydroxyl groups excluding tert-OH is 3. The molecule has 0 aliphatic carbocycles. The van der Waals surface area contributed by atoms with Crippen LogP contribution in [0.2, 0.25) is 0 Å². The number of para-hydroxylation sites is 1. The first kappa shape index (κ1) is 19.0. The van der Waals surface area contributed by atoms with Gasteiger partial charge in [0.2, 0.25) is 0 Å². The number of aliphatic hydroxyl groups is 6. The van der Waals surface area contributed by atoms with Crippen LogP contribution in [0.4, 0.5) is 0 Å². The Kier molecular flexibility index (Phi) is 4.27. The molecule has 0 saturated carbocycles. The number of aromatic hydroxyl groups is 1. The van der Waals surface area contributed by atoms with E-state index < -0.39 is 66.3 Å². The Bertz CT molecular complexity index is 741. The van der Waals surface area contributed by atoms with Gasteiger partial charge >= 0.3 is 13.3 Å². The van der Waals surface area contributed by atoms with Gasteiger partial charge in [-0.3, -0.25) is 4.79 Å². The second kappa shape index (κ2) is 5.85. The number of nitrogens with two attached hydrogens (primary N) is 1. The molecule has 4 rings (SSSR count). The zero-order valence-corrected chi connectivity index (χ0v) is 13.0. The summed E-state index contributed by atoms with van der Waals surface area (Å²) in [7, 11) is -1.61. The fraction of sp³-hybridized carbons (Fsp3) is 0.462. The van der Waals surface area contributed by atoms with Crippen molar-refractivity contribution in [1.29, 1.82) is 0 Å². The van der Waals surface area contributed by atoms with E-state index in [1.165, 1.54) is 0 Å². The van der Waals surface area contributed by atoms with E-state index >= 15 is 0 Å². The Morgan fingerprint density at radius 2 is 1.88 bits per heavy atom. The Morgan fingerprint density at radius 1 is 1.27 bits per heavy atom. The number of phenols is 1. The van der Waals surface area contributed by atoms with Gasteiger partial charge in [0, 0.05) is 5.56 Å². The predicted octanol–water partition coefficient (Wildman–Crippen LogP) is -4.21. The van der Waals surface area contributed by atoms with Crippen molar-refractivity contribution in [3.8, 4) is 5.75 Å². The summed E-state index contributed by atoms with van der Waals surface area (Å²) in [5, 5.41) is 71.6. The van der Waals surface area contributed by atoms with E-state index in [0.717, 1.165) is 18.2 Å². The van der Waals surface area contributed by atoms with E-state index in [4.69, 9.17) is 15.5 Å². The monoisotopic (exact) mass is 373 g/mol. The topological polar surface area (TPSA) is 212 Å². The van der Waals surface area contributed by atoms with Crippen molar-refractivity contribution in [2.24, 2.45) is 5.73 Å². The zero-order valence-electron chi connectivity index (χ0n) is 13.0. The summed E-state index contributed by atoms with van der Waals surface area (Å²) in [6.07, 6.45) is -4.53. The maximum absolute atomic E-state index is 11.4. The number of amides is 1. The minimum Gasteiger partial charge on any atom is -0.507 e. The van der Waals surface area contributed by atoms with Crippen LogP contribution in [0.1, 0.15) is 15.9 Å². The maximum Gasteiger partial charge on any atom is 0.649 e. The van der Waals surface area contributed by atoms with Crippen molar-refractivity contribution in [2.45, 2.75) is 29.6 Å². The van der Waals surface area contributed by atoms with Crippen molar-refractivity contribution in [3.05, 3.63) is 29.3 Å². The molecule has 1 amide bonds. The van der Waals surface area contributed by atoms with Crippen LogP contribution < -0.4 is 5.73 Å². The fourth-order valence-corrected chi connectivity index (χ4v) is 2.99. The Morgan fingerprint density at radius 3 is 2.35 bits per heavy atom. The van der Waals surface area contributed by atoms with Crippen LogP contribution in [0.25, 0.3) is 0 Å². The van der Waals surface area contributed by atoms with E-state index in [9.17, 15) is 35.4 Å². The van der Waals surface area contributed by atoms with Gasteiger partial charge in [0.05, 0.1) is 12.2 Å². The molecule has 26 heavy (non-hydrogen) atoms. The molecule has 142 valence electrons. The minimum atomic E-state index is -3.27. The van der Waals surface area contributed by atoms with Crippen molar-refractivity contribution < 1.29 is 54.5 Å². The number of primary amides is 1. The van der Waals surface area contributed by atoms with Crippen LogP contribution >= 0.6 is 0 Å². The second-order valence-corrected chi connectivity index (χ2v) is 5.90. The molecule has 1 aromatic carbocycles. The number of rotatable bonds is 6. The molecule has 3 saturated heterocycles. The van der Waals surface area contributed by atoms with E-state index in [1.807, 2.05) is 0 Å². The SMILES string of the molecule is NC(=O)c1cccc([C@@](O)([C@H](O)[C@@H](O)CO)[C@@]2(O)OB3OC2(O)O3)c1O. The van der Waals surface area contributed by atoms with Gasteiger partial charge in [-0.1, -0.05) is 12.1 Å². The second-order valence-electron chi connectivity index (χ2n) is 5.90. The van der Waals surface area contributed by atoms with Gasteiger partial charge in [0.25, 0.3) is 11.7 Å². The Labute approximate surface area is 145 Å². The van der Waals surface area contributed by atoms with Crippen molar-refractivity contribution in [3.63, 3.8) is 0 Å². The summed E-state index contributed by atoms with van der Waals surface area (Å²) in [4.78, 5) is 11.4. The Balaban J connectivity index is 2.24. The molecule has 2 bridgehead atoms. The van der Waals surface area contributed by atoms with Crippen molar-refractivity contribution >= 4 is 13.2 Å². The molecule has 9 N–H and O–H groups in total. The molecule has 0 unspecified atom stereocenters. The van der Waals surface area contributed by atoms with Gasteiger partial charge in [-0.05, 0) is 6.07 Å². The average Bonchev–Trinajstić information content (AvgIpc) is 2.98. The lowest BCUT2D eigenvalue weighted by Gasteiger charge is -2.47. The van der Waals surface area contributed by atoms with Gasteiger partial charge in [-0.15, -0.1) is 0 Å². The lowest BCUT2D eigenvalue weighted by atomic mass is 9.76. The van der Waals surface area contributed by atoms with Crippen LogP contribution in [-0.2, 0) is 19.6 Å². The zero-order chi connectivity index (χ0) is 19.5. The lowest BCUT2D eigenvalue weighted by Crippen LogP contribution is -2.71. The van der Waals surface area contributed by atoms with Crippen LogP contribution in [0, 0.1) is 0 Å². The molecule has 0 spiro atoms. The molecule has 0 aromatic heterocycles. The average molecular weight is 373 g/mol. The quantitative estimate of drug-likeness (QED) is 0.224. The molecule has 3 aliphatic heterocycles. The number of benzene rings is 1. The molecule has 12 nitrogen and oxygen atoms in total. The van der Waals surface area contributed by atoms with E-state index in [-0.39, 0.29) is 0 Å². The molecular weight excluding hydrogens is 357 g/mol. The van der Waals surface area contributed by atoms with Gasteiger partial charge in [0.1, 0.15) is 18.0 Å². The largest absolute Gasteiger partial charge is 0.649 e. The standard InChI is InChI=1S/C13H16BNO11/c15-10(20)5-2-1-3-6(8(5)18)11(21,9(19)7(17)4-16)12(22)13(23)25-14(24-12)26-13/h1-3,7,9,16-19,21-23H,4H2,(H2,15,20)/t7-,9+,11+,12+/m0/s1. The first-order valence-corrected chi connectivity index (χ1v) is 7.31. The molecule has 13 heteroatoms. The smallest absolute Gasteiger partial charge is 0.507 e. The highest BCUT2D eigenvalue weighted by molar-refractivity contribution is 6.40. The highest BCUT2D eigenvalue weighted by Crippen LogP contribution is 2.56. The number of hydrogen-bond donors (Lipinski definition) is 8. The van der Waals surface area contributed by atoms with Gasteiger partial charge in [-0.2, -0.15) is 0 Å². The van der Waals surface area contributed by atoms with E-state index in [2.05, 4.69) is 9.31 Å². The molecule has 3 heterocycles. The first-order valence-electron chi connectivity index (χ1n) is 7.31. The van der Waals surface area contributed by atoms with E-state index in [1.54, 1.807) is 0 Å². The summed E-state index contributed by atoms with van der Waals surface area (Å²) in [6, 6.07) is 3.17. The van der Waals surface area contributed by atoms with Gasteiger partial charge in [-0.25, -0.2) is 0 Å². The predicted molar refractivity (Wildman–Crippen MR) is 78.5 cm³/mol. The van der Waals surface area contributed by atoms with Crippen LogP contribution in [0.3, 0.4) is 0 Å². The molecule has 4 atom stereocenters. The minimum absolute atomic E-state index is 0.505. The highest BCUT2D eigenvalue weighted by atomic mass is 17.0. The maximum atomic E-state index is 11.4. The molecule has 3 fully saturated rings. The fourth-order valence-electron chi connectivity index (χ4n) is 2.99. The first-order chi connectivity index (χ1) is 12.0. The summed E-state index contributed by atoms with van der Waals surface area (Å²) in [5.74, 6) is -8.33. The van der Waals surface area contributed by atoms with Gasteiger partial charge in [0.15, 0.2) is 5.60 Å². The van der Waals surface area contributed by atoms with Crippen LogP contribution in [0.15, 0.2) is 18.2 Å². The van der Waals surface area contributed by atoms with Crippen molar-refractivity contribution in [2.75, 3.05) is 6.61 Å². The third kappa shape index (κ3) is 2.21. The number of hydrogen-bond acceptors (Lipinski definition) is 11. The van der Waals surface area contributed by atoms with Gasteiger partial charge < -0.3 is 55.4 Å². The highest BCUT2D eigenvalue weighted by Gasteiger charge is 2.83. The van der Waals surface area contributed by atoms with E-state index in [0.29, 0.717) is 0 Å².